The average Bonchev–Trinajstić information content (AvgIpc) is 3.49. The second kappa shape index (κ2) is 9.16. The van der Waals surface area contributed by atoms with Crippen molar-refractivity contribution in [3.8, 4) is 0 Å². The second-order valence-corrected chi connectivity index (χ2v) is 13.0. The summed E-state index contributed by atoms with van der Waals surface area (Å²) in [5, 5.41) is 3.42. The molecule has 188 valence electrons. The molecule has 2 aliphatic carbocycles. The maximum atomic E-state index is 6.62. The Morgan fingerprint density at radius 1 is 0.853 bits per heavy atom. The monoisotopic (exact) mass is 579 g/mol. The third kappa shape index (κ3) is 4.16. The van der Waals surface area contributed by atoms with Gasteiger partial charge in [-0.2, -0.15) is 0 Å². The van der Waals surface area contributed by atoms with Crippen LogP contribution in [0.25, 0.3) is 5.65 Å². The third-order valence-corrected chi connectivity index (χ3v) is 10.8. The zero-order valence-electron chi connectivity index (χ0n) is 21.0. The van der Waals surface area contributed by atoms with Gasteiger partial charge in [0.05, 0.1) is 3.57 Å². The van der Waals surface area contributed by atoms with Gasteiger partial charge >= 0.3 is 0 Å². The molecule has 4 heterocycles. The Morgan fingerprint density at radius 3 is 2.00 bits per heavy atom. The van der Waals surface area contributed by atoms with E-state index in [1.54, 1.807) is 0 Å². The predicted octanol–water partition coefficient (Wildman–Crippen LogP) is 4.08. The number of nitrogens with one attached hydrogen (secondary N) is 1. The van der Waals surface area contributed by atoms with Gasteiger partial charge in [0.15, 0.2) is 5.65 Å². The number of hydrogen-bond acceptors (Lipinski definition) is 6. The fraction of sp³-hybridized carbons (Fsp3) is 0.769. The molecule has 2 atom stereocenters. The first-order valence-electron chi connectivity index (χ1n) is 13.2. The van der Waals surface area contributed by atoms with Crippen molar-refractivity contribution in [3.05, 3.63) is 22.2 Å². The Hall–Kier alpha value is -0.970. The molecule has 7 nitrogen and oxygen atoms in total. The smallest absolute Gasteiger partial charge is 0.211 e. The van der Waals surface area contributed by atoms with Gasteiger partial charge in [-0.25, -0.2) is 9.97 Å². The number of piperidine rings is 2. The van der Waals surface area contributed by atoms with Crippen LogP contribution >= 0.6 is 22.6 Å². The van der Waals surface area contributed by atoms with Gasteiger partial charge in [-0.05, 0) is 112 Å². The molecule has 2 saturated carbocycles. The van der Waals surface area contributed by atoms with Gasteiger partial charge in [-0.15, -0.1) is 0 Å². The molecule has 0 amide bonds. The van der Waals surface area contributed by atoms with Gasteiger partial charge in [0.25, 0.3) is 0 Å². The topological polar surface area (TPSA) is 97.5 Å². The lowest BCUT2D eigenvalue weighted by Crippen LogP contribution is -2.54. The number of nitrogens with zero attached hydrogens (tertiary/aromatic N) is 4. The van der Waals surface area contributed by atoms with E-state index in [9.17, 15) is 0 Å². The van der Waals surface area contributed by atoms with E-state index in [4.69, 9.17) is 11.5 Å². The molecule has 4 aliphatic rings. The first-order valence-corrected chi connectivity index (χ1v) is 14.3. The van der Waals surface area contributed by atoms with E-state index in [1.165, 1.54) is 77.3 Å². The Balaban J connectivity index is 0.000000169. The highest BCUT2D eigenvalue weighted by molar-refractivity contribution is 14.1. The molecule has 0 radical (unpaired) electrons. The molecule has 2 saturated heterocycles. The van der Waals surface area contributed by atoms with E-state index in [2.05, 4.69) is 61.0 Å². The normalized spacial score (nSPS) is 32.3. The second-order valence-electron chi connectivity index (χ2n) is 11.9. The number of rotatable bonds is 1. The Labute approximate surface area is 218 Å². The highest BCUT2D eigenvalue weighted by Gasteiger charge is 2.51. The summed E-state index contributed by atoms with van der Waals surface area (Å²) in [5.41, 5.74) is 14.9. The van der Waals surface area contributed by atoms with E-state index in [1.807, 2.05) is 18.6 Å². The highest BCUT2D eigenvalue weighted by Crippen LogP contribution is 2.52. The molecular formula is C26H42IN7. The van der Waals surface area contributed by atoms with Gasteiger partial charge in [0, 0.05) is 42.8 Å². The molecule has 4 fully saturated rings. The third-order valence-electron chi connectivity index (χ3n) is 10.1. The molecule has 2 aromatic rings. The number of imidazole rings is 1. The lowest BCUT2D eigenvalue weighted by molar-refractivity contribution is 0.120. The van der Waals surface area contributed by atoms with E-state index < -0.39 is 0 Å². The lowest BCUT2D eigenvalue weighted by atomic mass is 9.67. The van der Waals surface area contributed by atoms with Crippen molar-refractivity contribution in [3.63, 3.8) is 0 Å². The minimum Gasteiger partial charge on any atom is -0.342 e. The van der Waals surface area contributed by atoms with Crippen molar-refractivity contribution in [1.29, 1.82) is 0 Å². The number of anilines is 1. The van der Waals surface area contributed by atoms with Crippen LogP contribution in [0.5, 0.6) is 0 Å². The van der Waals surface area contributed by atoms with Crippen molar-refractivity contribution in [2.75, 3.05) is 31.1 Å². The van der Waals surface area contributed by atoms with Crippen molar-refractivity contribution in [2.24, 2.45) is 22.3 Å². The van der Waals surface area contributed by atoms with Crippen molar-refractivity contribution in [2.45, 2.75) is 89.1 Å². The summed E-state index contributed by atoms with van der Waals surface area (Å²) in [6.45, 7) is 8.93. The van der Waals surface area contributed by atoms with Crippen molar-refractivity contribution in [1.82, 2.24) is 19.7 Å². The standard InChI is InChI=1S/C16H22IN5.C10H20N2/c1-15(18)3-2-4-16(15)5-8-21(9-6-16)14-20-11-12(17)13-19-7-10-22(13)14;1-9(11)3-2-4-10(9)5-7-12-8-6-10/h7,10-11H,2-6,8-9,18H2,1H3;12H,2-8,11H2,1H3. The Bertz CT molecular complexity index is 1000. The molecule has 6 rings (SSSR count). The summed E-state index contributed by atoms with van der Waals surface area (Å²) in [6, 6.07) is 0. The van der Waals surface area contributed by atoms with Crippen LogP contribution in [0.15, 0.2) is 18.6 Å². The van der Waals surface area contributed by atoms with Crippen LogP contribution in [0.4, 0.5) is 5.95 Å². The van der Waals surface area contributed by atoms with Gasteiger partial charge in [0.2, 0.25) is 5.95 Å². The molecule has 0 bridgehead atoms. The molecule has 2 spiro atoms. The van der Waals surface area contributed by atoms with Crippen molar-refractivity contribution < 1.29 is 0 Å². The SMILES string of the molecule is CC1(N)CCCC12CCN(c1ncc(I)c3nccn13)CC2.CC1(N)CCCC12CCNCC2. The minimum atomic E-state index is 0.00289. The molecule has 8 heteroatoms. The number of halogens is 1. The van der Waals surface area contributed by atoms with E-state index in [-0.39, 0.29) is 11.1 Å². The van der Waals surface area contributed by atoms with Crippen LogP contribution in [0.3, 0.4) is 0 Å². The van der Waals surface area contributed by atoms with Gasteiger partial charge in [0.1, 0.15) is 0 Å². The van der Waals surface area contributed by atoms with Gasteiger partial charge in [-0.3, -0.25) is 4.40 Å². The van der Waals surface area contributed by atoms with Gasteiger partial charge < -0.3 is 21.7 Å². The first kappa shape index (κ1) is 24.7. The minimum absolute atomic E-state index is 0.00289. The molecule has 2 aliphatic heterocycles. The summed E-state index contributed by atoms with van der Waals surface area (Å²) in [6.07, 6.45) is 18.4. The number of aromatic nitrogens is 3. The Kier molecular flexibility index (Phi) is 6.66. The molecule has 5 N–H and O–H groups in total. The van der Waals surface area contributed by atoms with Crippen LogP contribution in [-0.2, 0) is 0 Å². The maximum Gasteiger partial charge on any atom is 0.211 e. The summed E-state index contributed by atoms with van der Waals surface area (Å²) in [4.78, 5) is 11.5. The molecule has 34 heavy (non-hydrogen) atoms. The maximum absolute atomic E-state index is 6.62. The fourth-order valence-corrected chi connectivity index (χ4v) is 8.02. The summed E-state index contributed by atoms with van der Waals surface area (Å²) in [5.74, 6) is 1.01. The lowest BCUT2D eigenvalue weighted by Gasteiger charge is -2.47. The van der Waals surface area contributed by atoms with Gasteiger partial charge in [-0.1, -0.05) is 12.8 Å². The first-order chi connectivity index (χ1) is 16.2. The summed E-state index contributed by atoms with van der Waals surface area (Å²) in [7, 11) is 0. The number of nitrogens with two attached hydrogens (primary N) is 2. The van der Waals surface area contributed by atoms with E-state index in [0.29, 0.717) is 10.8 Å². The molecule has 2 unspecified atom stereocenters. The quantitative estimate of drug-likeness (QED) is 0.441. The largest absolute Gasteiger partial charge is 0.342 e. The molecule has 2 aromatic heterocycles. The van der Waals surface area contributed by atoms with E-state index in [0.717, 1.165) is 28.3 Å². The van der Waals surface area contributed by atoms with Crippen LogP contribution in [0.1, 0.15) is 78.1 Å². The number of fused-ring (bicyclic) bond motifs is 1. The summed E-state index contributed by atoms with van der Waals surface area (Å²) < 4.78 is 3.20. The Morgan fingerprint density at radius 2 is 1.44 bits per heavy atom. The van der Waals surface area contributed by atoms with Crippen LogP contribution in [0, 0.1) is 14.4 Å². The zero-order valence-corrected chi connectivity index (χ0v) is 23.1. The van der Waals surface area contributed by atoms with Crippen molar-refractivity contribution >= 4 is 34.2 Å². The van der Waals surface area contributed by atoms with Crippen LogP contribution < -0.4 is 21.7 Å². The number of hydrogen-bond donors (Lipinski definition) is 3. The fourth-order valence-electron chi connectivity index (χ4n) is 7.48. The highest BCUT2D eigenvalue weighted by atomic mass is 127. The molecular weight excluding hydrogens is 537 g/mol. The van der Waals surface area contributed by atoms with E-state index >= 15 is 0 Å². The zero-order chi connectivity index (χ0) is 24.0. The summed E-state index contributed by atoms with van der Waals surface area (Å²) >= 11 is 2.29. The predicted molar refractivity (Wildman–Crippen MR) is 147 cm³/mol. The van der Waals surface area contributed by atoms with Crippen LogP contribution in [-0.4, -0.2) is 51.6 Å². The molecule has 0 aromatic carbocycles. The van der Waals surface area contributed by atoms with Crippen LogP contribution in [0.2, 0.25) is 0 Å². The average molecular weight is 580 g/mol.